The lowest BCUT2D eigenvalue weighted by Crippen LogP contribution is -2.44. The molecule has 2 fully saturated rings. The topological polar surface area (TPSA) is 163 Å². The third kappa shape index (κ3) is 8.26. The first-order valence-corrected chi connectivity index (χ1v) is 18.1. The van der Waals surface area contributed by atoms with Gasteiger partial charge in [0.15, 0.2) is 5.60 Å². The van der Waals surface area contributed by atoms with Gasteiger partial charge in [-0.2, -0.15) is 0 Å². The summed E-state index contributed by atoms with van der Waals surface area (Å²) in [5.41, 5.74) is 1.74. The summed E-state index contributed by atoms with van der Waals surface area (Å²) in [5, 5.41) is 34.2. The Morgan fingerprint density at radius 3 is 2.17 bits per heavy atom. The van der Waals surface area contributed by atoms with Crippen LogP contribution in [0, 0.1) is 5.92 Å². The Hall–Kier alpha value is -4.88. The highest BCUT2D eigenvalue weighted by Gasteiger charge is 2.52. The Morgan fingerprint density at radius 1 is 0.923 bits per heavy atom. The Labute approximate surface area is 304 Å². The maximum Gasteiger partial charge on any atom is 0.264 e. The third-order valence-electron chi connectivity index (χ3n) is 10.2. The number of carbonyl (C=O) groups excluding carboxylic acids is 4. The second-order valence-corrected chi connectivity index (χ2v) is 13.8. The molecule has 4 atom stereocenters. The van der Waals surface area contributed by atoms with Crippen LogP contribution in [0.2, 0.25) is 0 Å². The van der Waals surface area contributed by atoms with Crippen LogP contribution >= 0.6 is 0 Å². The predicted molar refractivity (Wildman–Crippen MR) is 199 cm³/mol. The van der Waals surface area contributed by atoms with E-state index in [9.17, 15) is 29.4 Å². The summed E-state index contributed by atoms with van der Waals surface area (Å²) in [6, 6.07) is 21.4. The van der Waals surface area contributed by atoms with Gasteiger partial charge in [-0.3, -0.25) is 19.2 Å². The number of benzene rings is 3. The molecule has 0 radical (unpaired) electrons. The number of amides is 4. The van der Waals surface area contributed by atoms with Crippen molar-refractivity contribution in [2.24, 2.45) is 5.92 Å². The van der Waals surface area contributed by atoms with Crippen LogP contribution in [0.5, 0.6) is 0 Å². The van der Waals surface area contributed by atoms with Gasteiger partial charge in [-0.1, -0.05) is 61.5 Å². The quantitative estimate of drug-likeness (QED) is 0.139. The van der Waals surface area contributed by atoms with Crippen molar-refractivity contribution in [1.82, 2.24) is 15.5 Å². The van der Waals surface area contributed by atoms with E-state index in [0.29, 0.717) is 29.2 Å². The van der Waals surface area contributed by atoms with Crippen LogP contribution in [-0.2, 0) is 37.9 Å². The molecule has 52 heavy (non-hydrogen) atoms. The van der Waals surface area contributed by atoms with E-state index in [1.807, 2.05) is 42.5 Å². The average Bonchev–Trinajstić information content (AvgIpc) is 3.93. The first-order valence-electron chi connectivity index (χ1n) is 18.1. The Bertz CT molecular complexity index is 1770. The zero-order valence-electron chi connectivity index (χ0n) is 29.5. The standard InChI is InChI=1S/C40H48N6O6/c1-27(8-5-13-36(48)45(22-23-47)25-28-9-3-2-4-10-28)40(52)32-24-31(44-38(50)34-12-7-21-42-34)18-19-35(32)46(39(40)51)26-29-14-16-30(17-15-29)43-37(49)33-11-6-20-41-33/h2-5,8-10,14-19,24,27,33-34,41-42,47,52H,6-7,11-13,20-23,25-26H2,1H3,(H,43,49)(H,44,50)/b8-5+/t27-,33+,34+,40+/m0/s1. The van der Waals surface area contributed by atoms with Gasteiger partial charge in [0.05, 0.1) is 30.9 Å². The van der Waals surface area contributed by atoms with Gasteiger partial charge in [0.2, 0.25) is 17.7 Å². The maximum absolute atomic E-state index is 14.3. The number of rotatable bonds is 14. The summed E-state index contributed by atoms with van der Waals surface area (Å²) >= 11 is 0. The molecule has 274 valence electrons. The second-order valence-electron chi connectivity index (χ2n) is 13.8. The van der Waals surface area contributed by atoms with Crippen LogP contribution in [0.15, 0.2) is 84.9 Å². The van der Waals surface area contributed by atoms with Crippen LogP contribution in [0.25, 0.3) is 0 Å². The van der Waals surface area contributed by atoms with E-state index in [1.54, 1.807) is 54.3 Å². The number of carbonyl (C=O) groups is 4. The van der Waals surface area contributed by atoms with Crippen LogP contribution in [0.4, 0.5) is 17.1 Å². The molecule has 0 unspecified atom stereocenters. The molecule has 0 saturated carbocycles. The SMILES string of the molecule is C[C@@H](/C=C/CC(=O)N(CCO)Cc1ccccc1)[C@]1(O)C(=O)N(Cc2ccc(NC(=O)[C@H]3CCCN3)cc2)c2ccc(NC(=O)[C@H]3CCCN3)cc21. The number of nitrogens with one attached hydrogen (secondary N) is 4. The molecule has 2 saturated heterocycles. The van der Waals surface area contributed by atoms with Crippen LogP contribution < -0.4 is 26.2 Å². The molecule has 0 aliphatic carbocycles. The molecule has 0 spiro atoms. The molecule has 12 nitrogen and oxygen atoms in total. The van der Waals surface area contributed by atoms with Gasteiger partial charge in [0.1, 0.15) is 0 Å². The first-order chi connectivity index (χ1) is 25.2. The summed E-state index contributed by atoms with van der Waals surface area (Å²) in [4.78, 5) is 56.2. The molecule has 6 N–H and O–H groups in total. The van der Waals surface area contributed by atoms with E-state index in [-0.39, 0.29) is 55.9 Å². The van der Waals surface area contributed by atoms with Gasteiger partial charge >= 0.3 is 0 Å². The predicted octanol–water partition coefficient (Wildman–Crippen LogP) is 3.41. The lowest BCUT2D eigenvalue weighted by atomic mass is 9.82. The van der Waals surface area contributed by atoms with Crippen molar-refractivity contribution in [2.45, 2.75) is 69.8 Å². The van der Waals surface area contributed by atoms with E-state index in [4.69, 9.17) is 0 Å². The number of hydrogen-bond donors (Lipinski definition) is 6. The van der Waals surface area contributed by atoms with E-state index in [0.717, 1.165) is 49.9 Å². The number of hydrogen-bond acceptors (Lipinski definition) is 8. The zero-order chi connectivity index (χ0) is 36.7. The monoisotopic (exact) mass is 708 g/mol. The highest BCUT2D eigenvalue weighted by Crippen LogP contribution is 2.47. The average molecular weight is 709 g/mol. The maximum atomic E-state index is 14.3. The number of fused-ring (bicyclic) bond motifs is 1. The van der Waals surface area contributed by atoms with E-state index < -0.39 is 17.4 Å². The summed E-state index contributed by atoms with van der Waals surface area (Å²) in [7, 11) is 0. The molecular weight excluding hydrogens is 660 g/mol. The third-order valence-corrected chi connectivity index (χ3v) is 10.2. The summed E-state index contributed by atoms with van der Waals surface area (Å²) in [6.45, 7) is 3.84. The molecule has 3 heterocycles. The van der Waals surface area contributed by atoms with Gasteiger partial charge in [-0.15, -0.1) is 0 Å². The molecule has 3 aromatic carbocycles. The lowest BCUT2D eigenvalue weighted by molar-refractivity contribution is -0.139. The Balaban J connectivity index is 1.21. The molecule has 3 aliphatic rings. The molecule has 0 bridgehead atoms. The highest BCUT2D eigenvalue weighted by molar-refractivity contribution is 6.08. The minimum absolute atomic E-state index is 0.0161. The number of aliphatic hydroxyl groups excluding tert-OH is 1. The van der Waals surface area contributed by atoms with Gasteiger partial charge in [-0.05, 0) is 80.2 Å². The second kappa shape index (κ2) is 16.6. The minimum atomic E-state index is -1.99. The van der Waals surface area contributed by atoms with Gasteiger partial charge in [-0.25, -0.2) is 0 Å². The first kappa shape index (κ1) is 36.9. The van der Waals surface area contributed by atoms with Crippen LogP contribution in [-0.4, -0.2) is 77.1 Å². The number of anilines is 3. The van der Waals surface area contributed by atoms with Crippen LogP contribution in [0.3, 0.4) is 0 Å². The van der Waals surface area contributed by atoms with Gasteiger partial charge in [0, 0.05) is 42.4 Å². The van der Waals surface area contributed by atoms with E-state index in [1.165, 1.54) is 4.90 Å². The zero-order valence-corrected chi connectivity index (χ0v) is 29.5. The molecule has 3 aromatic rings. The Morgan fingerprint density at radius 2 is 1.56 bits per heavy atom. The van der Waals surface area contributed by atoms with Crippen molar-refractivity contribution in [1.29, 1.82) is 0 Å². The molecule has 0 aromatic heterocycles. The van der Waals surface area contributed by atoms with Crippen LogP contribution in [0.1, 0.15) is 55.7 Å². The molecular formula is C40H48N6O6. The van der Waals surface area contributed by atoms with Crippen molar-refractivity contribution >= 4 is 40.7 Å². The van der Waals surface area contributed by atoms with Gasteiger partial charge in [0.25, 0.3) is 5.91 Å². The number of aliphatic hydroxyl groups is 2. The minimum Gasteiger partial charge on any atom is -0.395 e. The number of nitrogens with zero attached hydrogens (tertiary/aromatic N) is 2. The molecule has 3 aliphatic heterocycles. The fourth-order valence-electron chi connectivity index (χ4n) is 7.19. The van der Waals surface area contributed by atoms with E-state index in [2.05, 4.69) is 21.3 Å². The summed E-state index contributed by atoms with van der Waals surface area (Å²) in [5.74, 6) is -1.72. The Kier molecular flexibility index (Phi) is 11.8. The summed E-state index contributed by atoms with van der Waals surface area (Å²) in [6.07, 6.45) is 6.75. The lowest BCUT2D eigenvalue weighted by Gasteiger charge is -2.28. The molecule has 4 amide bonds. The molecule has 12 heteroatoms. The van der Waals surface area contributed by atoms with Gasteiger partial charge < -0.3 is 41.3 Å². The van der Waals surface area contributed by atoms with E-state index >= 15 is 0 Å². The van der Waals surface area contributed by atoms with Crippen molar-refractivity contribution < 1.29 is 29.4 Å². The summed E-state index contributed by atoms with van der Waals surface area (Å²) < 4.78 is 0. The normalized spacial score (nSPS) is 21.7. The molecule has 6 rings (SSSR count). The largest absolute Gasteiger partial charge is 0.395 e. The van der Waals surface area contributed by atoms with Crippen molar-refractivity contribution in [3.05, 3.63) is 102 Å². The fraction of sp³-hybridized carbons (Fsp3) is 0.400. The highest BCUT2D eigenvalue weighted by atomic mass is 16.3. The smallest absolute Gasteiger partial charge is 0.264 e. The fourth-order valence-corrected chi connectivity index (χ4v) is 7.19. The van der Waals surface area contributed by atoms with Crippen molar-refractivity contribution in [2.75, 3.05) is 41.8 Å². The van der Waals surface area contributed by atoms with Crippen molar-refractivity contribution in [3.8, 4) is 0 Å². The van der Waals surface area contributed by atoms with Crippen molar-refractivity contribution in [3.63, 3.8) is 0 Å².